The van der Waals surface area contributed by atoms with Gasteiger partial charge in [-0.1, -0.05) is 34.3 Å². The van der Waals surface area contributed by atoms with Crippen molar-refractivity contribution in [3.05, 3.63) is 57.3 Å². The number of carbonyl (C=O) groups excluding carboxylic acids is 1. The van der Waals surface area contributed by atoms with E-state index in [1.807, 2.05) is 12.1 Å². The summed E-state index contributed by atoms with van der Waals surface area (Å²) in [6.07, 6.45) is 5.51. The Morgan fingerprint density at radius 2 is 1.76 bits per heavy atom. The highest BCUT2D eigenvalue weighted by Gasteiger charge is 2.31. The van der Waals surface area contributed by atoms with E-state index >= 15 is 0 Å². The molecule has 5 rings (SSSR count). The molecule has 0 radical (unpaired) electrons. The summed E-state index contributed by atoms with van der Waals surface area (Å²) in [7, 11) is 0. The fraction of sp³-hybridized carbons (Fsp3) is 0.458. The van der Waals surface area contributed by atoms with Crippen LogP contribution in [0.25, 0.3) is 0 Å². The van der Waals surface area contributed by atoms with Crippen LogP contribution in [-0.2, 0) is 11.1 Å². The van der Waals surface area contributed by atoms with Gasteiger partial charge in [-0.2, -0.15) is 0 Å². The van der Waals surface area contributed by atoms with Crippen LogP contribution in [0.4, 0.5) is 10.1 Å². The topological polar surface area (TPSA) is 95.7 Å². The van der Waals surface area contributed by atoms with Crippen molar-refractivity contribution in [3.8, 4) is 5.75 Å². The Balaban J connectivity index is 0.000000398. The minimum atomic E-state index is -1.76. The Bertz CT molecular complexity index is 1070. The first kappa shape index (κ1) is 25.2. The van der Waals surface area contributed by atoms with Crippen LogP contribution in [0.3, 0.4) is 0 Å². The third kappa shape index (κ3) is 6.62. The third-order valence-electron chi connectivity index (χ3n) is 6.06. The minimum Gasteiger partial charge on any atom is -0.772 e. The Hall–Kier alpha value is -1.87. The van der Waals surface area contributed by atoms with Crippen molar-refractivity contribution in [1.82, 2.24) is 0 Å². The van der Waals surface area contributed by atoms with Crippen molar-refractivity contribution in [1.29, 1.82) is 0 Å². The summed E-state index contributed by atoms with van der Waals surface area (Å²) >= 11 is 10.5. The van der Waals surface area contributed by atoms with Gasteiger partial charge in [-0.3, -0.25) is 9.00 Å². The molecule has 2 atom stereocenters. The maximum atomic E-state index is 14.3. The highest BCUT2D eigenvalue weighted by molar-refractivity contribution is 7.80. The molecule has 10 heteroatoms. The van der Waals surface area contributed by atoms with Crippen LogP contribution in [0, 0.1) is 5.82 Å². The number of halogens is 3. The Morgan fingerprint density at radius 1 is 1.09 bits per heavy atom. The second-order valence-electron chi connectivity index (χ2n) is 8.92. The first-order valence-electron chi connectivity index (χ1n) is 11.3. The normalized spacial score (nSPS) is 20.8. The standard InChI is InChI=1S/C21H21Cl2FN2O2.C3H6O2S/c22-13-6-14(23)8-15(7-13)26-5-1-2-16(11-26)28-20-10-19(24)18(21(25)27)9-17(20)12-3-4-12;4-6(5)3-1-2-3/h6-10,12,16H,1-5,11H2,(H2,25,27);3H,1-2H2,(H,4,5)/p-1/t16-;/m1./s1. The number of rotatable bonds is 6. The lowest BCUT2D eigenvalue weighted by Crippen LogP contribution is -2.41. The van der Waals surface area contributed by atoms with Crippen LogP contribution in [0.1, 0.15) is 60.4 Å². The second kappa shape index (κ2) is 10.8. The summed E-state index contributed by atoms with van der Waals surface area (Å²) < 4.78 is 40.1. The van der Waals surface area contributed by atoms with Gasteiger partial charge in [-0.25, -0.2) is 4.39 Å². The van der Waals surface area contributed by atoms with E-state index in [2.05, 4.69) is 4.90 Å². The van der Waals surface area contributed by atoms with E-state index < -0.39 is 22.8 Å². The molecule has 184 valence electrons. The number of carbonyl (C=O) groups is 1. The zero-order valence-electron chi connectivity index (χ0n) is 18.5. The van der Waals surface area contributed by atoms with Crippen molar-refractivity contribution in [3.63, 3.8) is 0 Å². The number of piperidine rings is 1. The highest BCUT2D eigenvalue weighted by Crippen LogP contribution is 2.45. The van der Waals surface area contributed by atoms with Crippen LogP contribution in [0.5, 0.6) is 5.75 Å². The number of primary amides is 1. The molecule has 3 fully saturated rings. The number of benzene rings is 2. The molecule has 1 amide bonds. The van der Waals surface area contributed by atoms with Gasteiger partial charge in [0.1, 0.15) is 17.7 Å². The first-order chi connectivity index (χ1) is 16.2. The molecule has 2 saturated carbocycles. The highest BCUT2D eigenvalue weighted by atomic mass is 35.5. The van der Waals surface area contributed by atoms with Gasteiger partial charge in [0.15, 0.2) is 0 Å². The van der Waals surface area contributed by atoms with E-state index in [4.69, 9.17) is 33.7 Å². The molecule has 0 aromatic heterocycles. The Kier molecular flexibility index (Phi) is 8.02. The number of anilines is 1. The molecule has 1 saturated heterocycles. The van der Waals surface area contributed by atoms with E-state index in [1.54, 1.807) is 12.1 Å². The molecule has 0 spiro atoms. The zero-order valence-corrected chi connectivity index (χ0v) is 20.8. The Morgan fingerprint density at radius 3 is 2.29 bits per heavy atom. The average Bonchev–Trinajstić information content (AvgIpc) is 3.67. The van der Waals surface area contributed by atoms with E-state index in [1.165, 1.54) is 6.07 Å². The molecule has 0 bridgehead atoms. The van der Waals surface area contributed by atoms with Crippen molar-refractivity contribution < 1.29 is 22.7 Å². The number of hydrogen-bond acceptors (Lipinski definition) is 5. The Labute approximate surface area is 210 Å². The maximum absolute atomic E-state index is 14.3. The van der Waals surface area contributed by atoms with Crippen LogP contribution in [0.2, 0.25) is 10.0 Å². The lowest BCUT2D eigenvalue weighted by Gasteiger charge is -2.35. The summed E-state index contributed by atoms with van der Waals surface area (Å²) in [6.45, 7) is 1.53. The number of nitrogens with zero attached hydrogens (tertiary/aromatic N) is 1. The van der Waals surface area contributed by atoms with Gasteiger partial charge in [0, 0.05) is 33.6 Å². The SMILES string of the molecule is NC(=O)c1cc(C2CC2)c(O[C@@H]2CCCN(c3cc(Cl)cc(Cl)c3)C2)cc1F.O=S([O-])C1CC1. The van der Waals surface area contributed by atoms with Crippen molar-refractivity contribution in [2.75, 3.05) is 18.0 Å². The predicted molar refractivity (Wildman–Crippen MR) is 131 cm³/mol. The second-order valence-corrected chi connectivity index (χ2v) is 11.0. The monoisotopic (exact) mass is 527 g/mol. The third-order valence-corrected chi connectivity index (χ3v) is 7.52. The summed E-state index contributed by atoms with van der Waals surface area (Å²) in [4.78, 5) is 13.7. The van der Waals surface area contributed by atoms with Gasteiger partial charge in [0.2, 0.25) is 0 Å². The molecular weight excluding hydrogens is 502 g/mol. The fourth-order valence-electron chi connectivity index (χ4n) is 4.01. The van der Waals surface area contributed by atoms with Crippen LogP contribution >= 0.6 is 23.2 Å². The zero-order chi connectivity index (χ0) is 24.4. The number of ether oxygens (including phenoxy) is 1. The molecular formula is C24H26Cl2FN2O4S-. The van der Waals surface area contributed by atoms with E-state index in [0.717, 1.165) is 56.3 Å². The first-order valence-corrected chi connectivity index (χ1v) is 13.2. The number of hydrogen-bond donors (Lipinski definition) is 1. The summed E-state index contributed by atoms with van der Waals surface area (Å²) in [5.74, 6) is -0.574. The molecule has 2 aromatic carbocycles. The van der Waals surface area contributed by atoms with E-state index in [0.29, 0.717) is 28.3 Å². The van der Waals surface area contributed by atoms with Gasteiger partial charge in [0.25, 0.3) is 5.91 Å². The molecule has 1 aliphatic heterocycles. The minimum absolute atomic E-state index is 0.0185. The number of amides is 1. The summed E-state index contributed by atoms with van der Waals surface area (Å²) in [5.41, 5.74) is 7.04. The lowest BCUT2D eigenvalue weighted by atomic mass is 10.0. The molecule has 2 N–H and O–H groups in total. The number of nitrogens with two attached hydrogens (primary N) is 1. The van der Waals surface area contributed by atoms with Crippen LogP contribution in [0.15, 0.2) is 30.3 Å². The smallest absolute Gasteiger partial charge is 0.251 e. The molecule has 1 heterocycles. The molecule has 2 aromatic rings. The molecule has 1 unspecified atom stereocenters. The van der Waals surface area contributed by atoms with Crippen molar-refractivity contribution >= 4 is 45.9 Å². The van der Waals surface area contributed by atoms with Gasteiger partial charge in [-0.05, 0) is 74.3 Å². The van der Waals surface area contributed by atoms with Gasteiger partial charge < -0.3 is 19.9 Å². The van der Waals surface area contributed by atoms with E-state index in [9.17, 15) is 17.9 Å². The van der Waals surface area contributed by atoms with Gasteiger partial charge in [0.05, 0.1) is 12.1 Å². The predicted octanol–water partition coefficient (Wildman–Crippen LogP) is 5.18. The van der Waals surface area contributed by atoms with Crippen LogP contribution in [-0.4, -0.2) is 39.1 Å². The fourth-order valence-corrected chi connectivity index (χ4v) is 5.04. The average molecular weight is 528 g/mol. The lowest BCUT2D eigenvalue weighted by molar-refractivity contribution is 0.0996. The molecule has 34 heavy (non-hydrogen) atoms. The quantitative estimate of drug-likeness (QED) is 0.521. The molecule has 6 nitrogen and oxygen atoms in total. The van der Waals surface area contributed by atoms with Crippen LogP contribution < -0.4 is 15.4 Å². The van der Waals surface area contributed by atoms with Crippen molar-refractivity contribution in [2.45, 2.75) is 55.8 Å². The summed E-state index contributed by atoms with van der Waals surface area (Å²) in [5, 5.41) is 1.20. The molecule has 3 aliphatic rings. The largest absolute Gasteiger partial charge is 0.772 e. The van der Waals surface area contributed by atoms with Gasteiger partial charge in [-0.15, -0.1) is 0 Å². The van der Waals surface area contributed by atoms with E-state index in [-0.39, 0.29) is 16.9 Å². The van der Waals surface area contributed by atoms with Crippen molar-refractivity contribution in [2.24, 2.45) is 5.73 Å². The maximum Gasteiger partial charge on any atom is 0.251 e. The summed E-state index contributed by atoms with van der Waals surface area (Å²) in [6, 6.07) is 8.33. The molecule has 2 aliphatic carbocycles. The van der Waals surface area contributed by atoms with Gasteiger partial charge >= 0.3 is 0 Å².